The van der Waals surface area contributed by atoms with Gasteiger partial charge < -0.3 is 4.74 Å². The van der Waals surface area contributed by atoms with Crippen molar-refractivity contribution in [3.8, 4) is 5.75 Å². The largest absolute Gasteiger partial charge is 0.482 e. The Balaban J connectivity index is 1.89. The summed E-state index contributed by atoms with van der Waals surface area (Å²) in [5.41, 5.74) is 4.31. The van der Waals surface area contributed by atoms with E-state index >= 15 is 0 Å². The first kappa shape index (κ1) is 20.1. The highest BCUT2D eigenvalue weighted by atomic mass is 16.5. The molecule has 0 aliphatic heterocycles. The molecule has 0 bridgehead atoms. The fourth-order valence-corrected chi connectivity index (χ4v) is 3.67. The maximum absolute atomic E-state index is 6.27. The van der Waals surface area contributed by atoms with Crippen LogP contribution in [0.2, 0.25) is 0 Å². The van der Waals surface area contributed by atoms with Crippen molar-refractivity contribution in [1.29, 1.82) is 0 Å². The Kier molecular flexibility index (Phi) is 5.60. The minimum absolute atomic E-state index is 0.0528. The molecule has 0 fully saturated rings. The first-order valence-electron chi connectivity index (χ1n) is 10.0. The third kappa shape index (κ3) is 3.96. The van der Waals surface area contributed by atoms with Gasteiger partial charge in [-0.25, -0.2) is 0 Å². The summed E-state index contributed by atoms with van der Waals surface area (Å²) in [6, 6.07) is 23.4. The first-order chi connectivity index (χ1) is 13.2. The van der Waals surface area contributed by atoms with Crippen molar-refractivity contribution in [2.45, 2.75) is 52.6 Å². The zero-order chi connectivity index (χ0) is 20.4. The molecule has 0 aliphatic rings. The van der Waals surface area contributed by atoms with E-state index < -0.39 is 5.60 Å². The molecule has 2 heteroatoms. The summed E-state index contributed by atoms with van der Waals surface area (Å²) in [6.07, 6.45) is 1.80. The number of aromatic nitrogens is 1. The second kappa shape index (κ2) is 7.79. The van der Waals surface area contributed by atoms with Gasteiger partial charge in [-0.1, -0.05) is 68.8 Å². The molecule has 0 N–H and O–H groups in total. The van der Waals surface area contributed by atoms with Gasteiger partial charge in [0.15, 0.2) is 0 Å². The quantitative estimate of drug-likeness (QED) is 0.481. The highest BCUT2D eigenvalue weighted by Gasteiger charge is 2.32. The number of hydrogen-bond donors (Lipinski definition) is 0. The van der Waals surface area contributed by atoms with Gasteiger partial charge in [-0.15, -0.1) is 0 Å². The average Bonchev–Trinajstić information content (AvgIpc) is 2.69. The summed E-state index contributed by atoms with van der Waals surface area (Å²) in [5, 5.41) is 0. The van der Waals surface area contributed by atoms with E-state index in [0.717, 1.165) is 11.4 Å². The van der Waals surface area contributed by atoms with Gasteiger partial charge in [0.25, 0.3) is 0 Å². The molecule has 28 heavy (non-hydrogen) atoms. The highest BCUT2D eigenvalue weighted by Crippen LogP contribution is 2.40. The van der Waals surface area contributed by atoms with Crippen LogP contribution < -0.4 is 4.74 Å². The molecule has 0 saturated heterocycles. The van der Waals surface area contributed by atoms with Gasteiger partial charge in [-0.3, -0.25) is 4.98 Å². The summed E-state index contributed by atoms with van der Waals surface area (Å²) >= 11 is 0. The molecule has 1 heterocycles. The van der Waals surface area contributed by atoms with Crippen LogP contribution in [0.15, 0.2) is 72.9 Å². The van der Waals surface area contributed by atoms with Crippen molar-refractivity contribution in [2.75, 3.05) is 0 Å². The lowest BCUT2D eigenvalue weighted by Crippen LogP contribution is -2.30. The molecule has 0 saturated carbocycles. The highest BCUT2D eigenvalue weighted by molar-refractivity contribution is 5.42. The second-order valence-corrected chi connectivity index (χ2v) is 8.57. The number of ether oxygens (including phenoxy) is 1. The Morgan fingerprint density at radius 3 is 1.86 bits per heavy atom. The van der Waals surface area contributed by atoms with Gasteiger partial charge >= 0.3 is 0 Å². The summed E-state index contributed by atoms with van der Waals surface area (Å²) in [5.74, 6) is 1.32. The summed E-state index contributed by atoms with van der Waals surface area (Å²) in [7, 11) is 0. The van der Waals surface area contributed by atoms with E-state index in [-0.39, 0.29) is 5.41 Å². The fourth-order valence-electron chi connectivity index (χ4n) is 3.67. The SMILES string of the molecule is Cc1ccc(C(C)(c2ccc(OC(C)(C)c3ccccn3)cc2)C(C)C)cc1. The molecule has 3 rings (SSSR count). The Bertz CT molecular complexity index is 895. The van der Waals surface area contributed by atoms with Crippen molar-refractivity contribution in [2.24, 2.45) is 5.92 Å². The van der Waals surface area contributed by atoms with E-state index in [9.17, 15) is 0 Å². The van der Waals surface area contributed by atoms with Crippen LogP contribution in [-0.4, -0.2) is 4.98 Å². The van der Waals surface area contributed by atoms with Crippen LogP contribution in [0.3, 0.4) is 0 Å². The molecule has 1 unspecified atom stereocenters. The Labute approximate surface area is 169 Å². The number of benzene rings is 2. The van der Waals surface area contributed by atoms with E-state index in [1.807, 2.05) is 32.0 Å². The number of aryl methyl sites for hydroxylation is 1. The lowest BCUT2D eigenvalue weighted by atomic mass is 9.68. The monoisotopic (exact) mass is 373 g/mol. The van der Waals surface area contributed by atoms with Gasteiger partial charge in [0.05, 0.1) is 5.69 Å². The second-order valence-electron chi connectivity index (χ2n) is 8.57. The van der Waals surface area contributed by atoms with Gasteiger partial charge in [0.1, 0.15) is 11.4 Å². The molecule has 1 aromatic heterocycles. The average molecular weight is 374 g/mol. The van der Waals surface area contributed by atoms with Crippen LogP contribution in [-0.2, 0) is 11.0 Å². The lowest BCUT2D eigenvalue weighted by Gasteiger charge is -2.35. The molecule has 0 amide bonds. The molecular weight excluding hydrogens is 342 g/mol. The minimum Gasteiger partial charge on any atom is -0.482 e. The van der Waals surface area contributed by atoms with Crippen molar-refractivity contribution in [3.05, 3.63) is 95.3 Å². The minimum atomic E-state index is -0.485. The summed E-state index contributed by atoms with van der Waals surface area (Å²) in [4.78, 5) is 4.45. The molecule has 0 radical (unpaired) electrons. The molecule has 2 nitrogen and oxygen atoms in total. The lowest BCUT2D eigenvalue weighted by molar-refractivity contribution is 0.104. The standard InChI is InChI=1S/C26H31NO/c1-19(2)26(6,21-12-10-20(3)11-13-21)22-14-16-23(17-15-22)28-25(4,5)24-9-7-8-18-27-24/h7-19H,1-6H3. The Morgan fingerprint density at radius 1 is 0.786 bits per heavy atom. The fraction of sp³-hybridized carbons (Fsp3) is 0.346. The number of pyridine rings is 1. The maximum Gasteiger partial charge on any atom is 0.145 e. The van der Waals surface area contributed by atoms with E-state index in [1.54, 1.807) is 6.20 Å². The van der Waals surface area contributed by atoms with Crippen molar-refractivity contribution in [1.82, 2.24) is 4.98 Å². The predicted molar refractivity (Wildman–Crippen MR) is 117 cm³/mol. The molecule has 0 aliphatic carbocycles. The van der Waals surface area contributed by atoms with Crippen LogP contribution in [0.25, 0.3) is 0 Å². The summed E-state index contributed by atoms with van der Waals surface area (Å²) < 4.78 is 6.27. The van der Waals surface area contributed by atoms with E-state index in [4.69, 9.17) is 4.74 Å². The molecule has 146 valence electrons. The van der Waals surface area contributed by atoms with Crippen LogP contribution in [0.1, 0.15) is 57.0 Å². The van der Waals surface area contributed by atoms with Crippen LogP contribution >= 0.6 is 0 Å². The van der Waals surface area contributed by atoms with Gasteiger partial charge in [0.2, 0.25) is 0 Å². The molecule has 2 aromatic carbocycles. The Morgan fingerprint density at radius 2 is 1.36 bits per heavy atom. The zero-order valence-electron chi connectivity index (χ0n) is 17.9. The van der Waals surface area contributed by atoms with Crippen molar-refractivity contribution < 1.29 is 4.74 Å². The number of hydrogen-bond acceptors (Lipinski definition) is 2. The normalized spacial score (nSPS) is 14.0. The van der Waals surface area contributed by atoms with E-state index in [0.29, 0.717) is 5.92 Å². The smallest absolute Gasteiger partial charge is 0.145 e. The zero-order valence-corrected chi connectivity index (χ0v) is 17.9. The molecule has 1 atom stereocenters. The van der Waals surface area contributed by atoms with Crippen LogP contribution in [0.5, 0.6) is 5.75 Å². The number of rotatable bonds is 6. The summed E-state index contributed by atoms with van der Waals surface area (Å²) in [6.45, 7) is 13.1. The molecule has 3 aromatic rings. The van der Waals surface area contributed by atoms with Crippen LogP contribution in [0, 0.1) is 12.8 Å². The van der Waals surface area contributed by atoms with Gasteiger partial charge in [0, 0.05) is 11.6 Å². The predicted octanol–water partition coefficient (Wildman–Crippen LogP) is 6.67. The first-order valence-corrected chi connectivity index (χ1v) is 10.0. The van der Waals surface area contributed by atoms with E-state index in [2.05, 4.69) is 81.2 Å². The van der Waals surface area contributed by atoms with Crippen molar-refractivity contribution in [3.63, 3.8) is 0 Å². The van der Waals surface area contributed by atoms with Crippen molar-refractivity contribution >= 4 is 0 Å². The Hall–Kier alpha value is -2.61. The maximum atomic E-state index is 6.27. The van der Waals surface area contributed by atoms with Crippen LogP contribution in [0.4, 0.5) is 0 Å². The van der Waals surface area contributed by atoms with Gasteiger partial charge in [-0.05, 0) is 62.1 Å². The molecular formula is C26H31NO. The topological polar surface area (TPSA) is 22.1 Å². The third-order valence-electron chi connectivity index (χ3n) is 5.91. The number of nitrogens with zero attached hydrogens (tertiary/aromatic N) is 1. The van der Waals surface area contributed by atoms with E-state index in [1.165, 1.54) is 16.7 Å². The third-order valence-corrected chi connectivity index (χ3v) is 5.91. The molecule has 0 spiro atoms. The van der Waals surface area contributed by atoms with Gasteiger partial charge in [-0.2, -0.15) is 0 Å².